The van der Waals surface area contributed by atoms with Gasteiger partial charge >= 0.3 is 5.97 Å². The normalized spacial score (nSPS) is 14.9. The molecular weight excluding hydrogens is 595 g/mol. The molecule has 1 atom stereocenters. The van der Waals surface area contributed by atoms with E-state index in [9.17, 15) is 9.59 Å². The molecule has 4 aromatic rings. The third-order valence-electron chi connectivity index (χ3n) is 6.46. The van der Waals surface area contributed by atoms with Gasteiger partial charge in [0.05, 0.1) is 46.7 Å². The van der Waals surface area contributed by atoms with Crippen LogP contribution in [0.1, 0.15) is 43.5 Å². The molecule has 0 saturated heterocycles. The van der Waals surface area contributed by atoms with Crippen LogP contribution in [0.3, 0.4) is 0 Å². The first kappa shape index (κ1) is 29.6. The van der Waals surface area contributed by atoms with Crippen molar-refractivity contribution in [2.75, 3.05) is 13.7 Å². The van der Waals surface area contributed by atoms with Gasteiger partial charge in [-0.15, -0.1) is 0 Å². The molecule has 0 bridgehead atoms. The summed E-state index contributed by atoms with van der Waals surface area (Å²) in [5.41, 5.74) is 2.47. The third kappa shape index (κ3) is 5.88. The Bertz CT molecular complexity index is 1840. The molecule has 0 aliphatic carbocycles. The van der Waals surface area contributed by atoms with Gasteiger partial charge in [-0.1, -0.05) is 77.0 Å². The van der Waals surface area contributed by atoms with E-state index in [1.807, 2.05) is 44.2 Å². The highest BCUT2D eigenvalue weighted by atomic mass is 35.5. The summed E-state index contributed by atoms with van der Waals surface area (Å²) in [6, 6.07) is 19.1. The van der Waals surface area contributed by atoms with Crippen LogP contribution in [-0.2, 0) is 9.53 Å². The highest BCUT2D eigenvalue weighted by Gasteiger charge is 2.35. The highest BCUT2D eigenvalue weighted by Crippen LogP contribution is 2.38. The largest absolute Gasteiger partial charge is 0.493 e. The number of rotatable bonds is 8. The molecule has 1 aliphatic heterocycles. The molecule has 0 unspecified atom stereocenters. The zero-order valence-electron chi connectivity index (χ0n) is 23.4. The van der Waals surface area contributed by atoms with Crippen LogP contribution in [0.2, 0.25) is 10.0 Å². The van der Waals surface area contributed by atoms with E-state index in [0.29, 0.717) is 47.7 Å². The molecule has 0 N–H and O–H groups in total. The van der Waals surface area contributed by atoms with Gasteiger partial charge in [0, 0.05) is 10.6 Å². The Morgan fingerprint density at radius 3 is 2.45 bits per heavy atom. The minimum absolute atomic E-state index is 0.105. The van der Waals surface area contributed by atoms with Crippen LogP contribution < -0.4 is 24.4 Å². The van der Waals surface area contributed by atoms with E-state index < -0.39 is 12.0 Å². The van der Waals surface area contributed by atoms with Gasteiger partial charge in [0.2, 0.25) is 0 Å². The topological polar surface area (TPSA) is 79.1 Å². The van der Waals surface area contributed by atoms with E-state index in [4.69, 9.17) is 42.4 Å². The summed E-state index contributed by atoms with van der Waals surface area (Å²) >= 11 is 14.0. The van der Waals surface area contributed by atoms with Gasteiger partial charge in [0.15, 0.2) is 16.3 Å². The summed E-state index contributed by atoms with van der Waals surface area (Å²) < 4.78 is 18.8. The quantitative estimate of drug-likeness (QED) is 0.224. The second-order valence-corrected chi connectivity index (χ2v) is 11.5. The van der Waals surface area contributed by atoms with Crippen LogP contribution in [0, 0.1) is 0 Å². The summed E-state index contributed by atoms with van der Waals surface area (Å²) in [7, 11) is 1.53. The van der Waals surface area contributed by atoms with Crippen molar-refractivity contribution >= 4 is 52.3 Å². The molecule has 0 fully saturated rings. The standard InChI is InChI=1S/C32H28Cl2N2O5S/c1-5-40-31(38)26-27(20-9-7-6-8-10-20)35-32-36(28(26)21-11-13-22(33)14-12-21)30(37)25(42-32)17-19-15-23(34)29(41-18(2)3)24(16-19)39-4/h6-18,28H,5H2,1-4H3/b25-17-/t28-/m0/s1. The van der Waals surface area contributed by atoms with E-state index >= 15 is 0 Å². The molecule has 0 spiro atoms. The van der Waals surface area contributed by atoms with Gasteiger partial charge in [0.25, 0.3) is 5.56 Å². The van der Waals surface area contributed by atoms with E-state index in [-0.39, 0.29) is 23.8 Å². The van der Waals surface area contributed by atoms with Gasteiger partial charge < -0.3 is 14.2 Å². The first-order valence-electron chi connectivity index (χ1n) is 13.3. The summed E-state index contributed by atoms with van der Waals surface area (Å²) in [5, 5.41) is 0.893. The lowest BCUT2D eigenvalue weighted by Crippen LogP contribution is -2.40. The van der Waals surface area contributed by atoms with Crippen molar-refractivity contribution in [3.63, 3.8) is 0 Å². The summed E-state index contributed by atoms with van der Waals surface area (Å²) in [6.07, 6.45) is 1.62. The zero-order chi connectivity index (χ0) is 30.0. The van der Waals surface area contributed by atoms with Crippen molar-refractivity contribution in [3.05, 3.63) is 119 Å². The van der Waals surface area contributed by atoms with Gasteiger partial charge in [-0.3, -0.25) is 9.36 Å². The number of aromatic nitrogens is 1. The molecule has 0 saturated carbocycles. The van der Waals surface area contributed by atoms with E-state index in [0.717, 1.165) is 5.56 Å². The lowest BCUT2D eigenvalue weighted by molar-refractivity contribution is -0.138. The Morgan fingerprint density at radius 1 is 1.10 bits per heavy atom. The molecule has 1 aliphatic rings. The average molecular weight is 624 g/mol. The lowest BCUT2D eigenvalue weighted by atomic mass is 9.93. The first-order chi connectivity index (χ1) is 20.2. The number of ether oxygens (including phenoxy) is 3. The number of thiazole rings is 1. The summed E-state index contributed by atoms with van der Waals surface area (Å²) in [4.78, 5) is 32.9. The number of nitrogens with zero attached hydrogens (tertiary/aromatic N) is 2. The van der Waals surface area contributed by atoms with Crippen molar-refractivity contribution in [1.29, 1.82) is 0 Å². The predicted octanol–water partition coefficient (Wildman–Crippen LogP) is 6.04. The van der Waals surface area contributed by atoms with E-state index in [1.54, 1.807) is 49.4 Å². The molecule has 1 aromatic heterocycles. The highest BCUT2D eigenvalue weighted by molar-refractivity contribution is 7.07. The Balaban J connectivity index is 1.77. The van der Waals surface area contributed by atoms with Crippen molar-refractivity contribution in [3.8, 4) is 11.5 Å². The third-order valence-corrected chi connectivity index (χ3v) is 7.98. The second kappa shape index (κ2) is 12.6. The number of esters is 1. The van der Waals surface area contributed by atoms with Gasteiger partial charge in [-0.2, -0.15) is 0 Å². The van der Waals surface area contributed by atoms with Crippen molar-refractivity contribution in [2.24, 2.45) is 4.99 Å². The van der Waals surface area contributed by atoms with E-state index in [2.05, 4.69) is 0 Å². The molecule has 3 aromatic carbocycles. The van der Waals surface area contributed by atoms with Crippen LogP contribution in [0.5, 0.6) is 11.5 Å². The zero-order valence-corrected chi connectivity index (χ0v) is 25.7. The molecule has 0 radical (unpaired) electrons. The molecular formula is C32H28Cl2N2O5S. The number of halogens is 2. The van der Waals surface area contributed by atoms with E-state index in [1.165, 1.54) is 23.0 Å². The number of carbonyl (C=O) groups is 1. The molecule has 0 amide bonds. The Morgan fingerprint density at radius 2 is 1.81 bits per heavy atom. The van der Waals surface area contributed by atoms with Crippen LogP contribution in [0.25, 0.3) is 11.8 Å². The van der Waals surface area contributed by atoms with Crippen LogP contribution in [-0.4, -0.2) is 30.4 Å². The molecule has 7 nitrogen and oxygen atoms in total. The maximum atomic E-state index is 14.1. The van der Waals surface area contributed by atoms with Crippen LogP contribution in [0.15, 0.2) is 82.1 Å². The fourth-order valence-electron chi connectivity index (χ4n) is 4.73. The molecule has 5 rings (SSSR count). The Labute approximate surface area is 256 Å². The minimum atomic E-state index is -0.796. The fourth-order valence-corrected chi connectivity index (χ4v) is 6.12. The minimum Gasteiger partial charge on any atom is -0.493 e. The maximum Gasteiger partial charge on any atom is 0.338 e. The summed E-state index contributed by atoms with van der Waals surface area (Å²) in [5.74, 6) is 0.332. The Kier molecular flexibility index (Phi) is 8.87. The lowest BCUT2D eigenvalue weighted by Gasteiger charge is -2.25. The number of benzene rings is 3. The SMILES string of the molecule is CCOC(=O)C1=C(c2ccccc2)N=c2s/c(=C\c3cc(Cl)c(OC(C)C)c(OC)c3)c(=O)n2[C@H]1c1ccc(Cl)cc1. The van der Waals surface area contributed by atoms with Gasteiger partial charge in [-0.05, 0) is 62.2 Å². The Hall–Kier alpha value is -3.85. The fraction of sp³-hybridized carbons (Fsp3) is 0.219. The number of hydrogen-bond donors (Lipinski definition) is 0. The predicted molar refractivity (Wildman–Crippen MR) is 166 cm³/mol. The van der Waals surface area contributed by atoms with Gasteiger partial charge in [0.1, 0.15) is 0 Å². The van der Waals surface area contributed by atoms with Crippen LogP contribution >= 0.6 is 34.5 Å². The van der Waals surface area contributed by atoms with Crippen molar-refractivity contribution < 1.29 is 19.0 Å². The smallest absolute Gasteiger partial charge is 0.338 e. The number of methoxy groups -OCH3 is 1. The monoisotopic (exact) mass is 622 g/mol. The maximum absolute atomic E-state index is 14.1. The number of hydrogen-bond acceptors (Lipinski definition) is 7. The second-order valence-electron chi connectivity index (χ2n) is 9.68. The number of carbonyl (C=O) groups excluding carboxylic acids is 1. The molecule has 10 heteroatoms. The molecule has 2 heterocycles. The number of fused-ring (bicyclic) bond motifs is 1. The molecule has 216 valence electrons. The van der Waals surface area contributed by atoms with Crippen LogP contribution in [0.4, 0.5) is 0 Å². The van der Waals surface area contributed by atoms with Gasteiger partial charge in [-0.25, -0.2) is 9.79 Å². The molecule has 42 heavy (non-hydrogen) atoms. The average Bonchev–Trinajstić information content (AvgIpc) is 3.28. The van der Waals surface area contributed by atoms with Crippen molar-refractivity contribution in [2.45, 2.75) is 32.9 Å². The first-order valence-corrected chi connectivity index (χ1v) is 14.9. The summed E-state index contributed by atoms with van der Waals surface area (Å²) in [6.45, 7) is 5.71. The van der Waals surface area contributed by atoms with Crippen molar-refractivity contribution in [1.82, 2.24) is 4.57 Å².